The van der Waals surface area contributed by atoms with E-state index in [2.05, 4.69) is 5.32 Å². The third-order valence-corrected chi connectivity index (χ3v) is 4.16. The fourth-order valence-corrected chi connectivity index (χ4v) is 2.81. The molecule has 0 bridgehead atoms. The number of carbonyl (C=O) groups excluding carboxylic acids is 1. The highest BCUT2D eigenvalue weighted by Crippen LogP contribution is 2.24. The van der Waals surface area contributed by atoms with E-state index in [9.17, 15) is 9.59 Å². The minimum absolute atomic E-state index is 0.0962. The zero-order chi connectivity index (χ0) is 15.4. The van der Waals surface area contributed by atoms with Crippen LogP contribution in [0.15, 0.2) is 18.2 Å². The van der Waals surface area contributed by atoms with Gasteiger partial charge in [0.15, 0.2) is 0 Å². The second kappa shape index (κ2) is 6.91. The molecule has 0 spiro atoms. The lowest BCUT2D eigenvalue weighted by atomic mass is 10.2. The summed E-state index contributed by atoms with van der Waals surface area (Å²) in [5.41, 5.74) is 0.431. The number of amides is 1. The van der Waals surface area contributed by atoms with Crippen molar-refractivity contribution in [3.63, 3.8) is 0 Å². The maximum Gasteiger partial charge on any atom is 0.335 e. The first kappa shape index (κ1) is 15.8. The first-order valence-electron chi connectivity index (χ1n) is 7.00. The van der Waals surface area contributed by atoms with Gasteiger partial charge in [-0.25, -0.2) is 4.79 Å². The zero-order valence-corrected chi connectivity index (χ0v) is 12.7. The molecule has 1 aliphatic carbocycles. The molecule has 0 aliphatic heterocycles. The highest BCUT2D eigenvalue weighted by atomic mass is 35.5. The third kappa shape index (κ3) is 4.19. The van der Waals surface area contributed by atoms with E-state index in [1.165, 1.54) is 31.0 Å². The predicted octanol–water partition coefficient (Wildman–Crippen LogP) is 2.85. The molecule has 0 unspecified atom stereocenters. The molecule has 0 aromatic heterocycles. The number of rotatable bonds is 5. The topological polar surface area (TPSA) is 69.6 Å². The summed E-state index contributed by atoms with van der Waals surface area (Å²) >= 11 is 5.99. The molecule has 1 fully saturated rings. The molecule has 0 atom stereocenters. The standard InChI is InChI=1S/C15H19ClN2O3/c1-18(11-4-2-3-5-11)9-14(19)17-13-8-10(15(20)21)6-7-12(13)16/h6-8,11H,2-5,9H2,1H3,(H,17,19)(H,20,21). The van der Waals surface area contributed by atoms with Gasteiger partial charge in [-0.15, -0.1) is 0 Å². The van der Waals surface area contributed by atoms with Crippen LogP contribution >= 0.6 is 11.6 Å². The number of hydrogen-bond donors (Lipinski definition) is 2. The lowest BCUT2D eigenvalue weighted by molar-refractivity contribution is -0.117. The highest BCUT2D eigenvalue weighted by molar-refractivity contribution is 6.33. The lowest BCUT2D eigenvalue weighted by Crippen LogP contribution is -2.36. The van der Waals surface area contributed by atoms with Crippen LogP contribution in [0.4, 0.5) is 5.69 Å². The number of nitrogens with zero attached hydrogens (tertiary/aromatic N) is 1. The van der Waals surface area contributed by atoms with Crippen LogP contribution < -0.4 is 5.32 Å². The summed E-state index contributed by atoms with van der Waals surface area (Å²) in [5.74, 6) is -1.24. The number of halogens is 1. The molecular weight excluding hydrogens is 292 g/mol. The predicted molar refractivity (Wildman–Crippen MR) is 81.9 cm³/mol. The van der Waals surface area contributed by atoms with Crippen molar-refractivity contribution in [1.82, 2.24) is 4.90 Å². The Bertz CT molecular complexity index is 542. The van der Waals surface area contributed by atoms with Gasteiger partial charge in [-0.1, -0.05) is 24.4 Å². The van der Waals surface area contributed by atoms with Crippen LogP contribution in [0.25, 0.3) is 0 Å². The average Bonchev–Trinajstić information content (AvgIpc) is 2.95. The van der Waals surface area contributed by atoms with Gasteiger partial charge in [0.05, 0.1) is 22.8 Å². The van der Waals surface area contributed by atoms with Crippen LogP contribution in [0.3, 0.4) is 0 Å². The van der Waals surface area contributed by atoms with Crippen molar-refractivity contribution >= 4 is 29.2 Å². The Morgan fingerprint density at radius 1 is 1.38 bits per heavy atom. The maximum atomic E-state index is 12.1. The third-order valence-electron chi connectivity index (χ3n) is 3.83. The van der Waals surface area contributed by atoms with Crippen molar-refractivity contribution in [2.45, 2.75) is 31.7 Å². The zero-order valence-electron chi connectivity index (χ0n) is 11.9. The van der Waals surface area contributed by atoms with Crippen molar-refractivity contribution in [1.29, 1.82) is 0 Å². The smallest absolute Gasteiger partial charge is 0.335 e. The van der Waals surface area contributed by atoms with Crippen LogP contribution in [-0.4, -0.2) is 41.5 Å². The molecule has 2 rings (SSSR count). The van der Waals surface area contributed by atoms with Crippen molar-refractivity contribution in [3.05, 3.63) is 28.8 Å². The molecule has 1 aromatic rings. The fraction of sp³-hybridized carbons (Fsp3) is 0.467. The highest BCUT2D eigenvalue weighted by Gasteiger charge is 2.21. The molecule has 1 amide bonds. The van der Waals surface area contributed by atoms with Gasteiger partial charge in [0.2, 0.25) is 5.91 Å². The van der Waals surface area contributed by atoms with Crippen molar-refractivity contribution in [2.75, 3.05) is 18.9 Å². The quantitative estimate of drug-likeness (QED) is 0.877. The Hall–Kier alpha value is -1.59. The van der Waals surface area contributed by atoms with E-state index < -0.39 is 5.97 Å². The van der Waals surface area contributed by atoms with Gasteiger partial charge in [-0.3, -0.25) is 9.69 Å². The Balaban J connectivity index is 1.98. The lowest BCUT2D eigenvalue weighted by Gasteiger charge is -2.23. The molecule has 1 aromatic carbocycles. The fourth-order valence-electron chi connectivity index (χ4n) is 2.64. The minimum Gasteiger partial charge on any atom is -0.478 e. The van der Waals surface area contributed by atoms with Gasteiger partial charge >= 0.3 is 5.97 Å². The van der Waals surface area contributed by atoms with E-state index in [1.54, 1.807) is 0 Å². The normalized spacial score (nSPS) is 15.4. The first-order valence-corrected chi connectivity index (χ1v) is 7.38. The van der Waals surface area contributed by atoms with Crippen molar-refractivity contribution in [2.24, 2.45) is 0 Å². The molecule has 2 N–H and O–H groups in total. The summed E-state index contributed by atoms with van der Waals surface area (Å²) in [6, 6.07) is 4.71. The number of carbonyl (C=O) groups is 2. The van der Waals surface area contributed by atoms with E-state index in [1.807, 2.05) is 11.9 Å². The van der Waals surface area contributed by atoms with Crippen LogP contribution in [0.2, 0.25) is 5.02 Å². The van der Waals surface area contributed by atoms with Gasteiger partial charge in [0.25, 0.3) is 0 Å². The summed E-state index contributed by atoms with van der Waals surface area (Å²) in [5, 5.41) is 12.0. The number of hydrogen-bond acceptors (Lipinski definition) is 3. The van der Waals surface area contributed by atoms with Gasteiger partial charge in [-0.2, -0.15) is 0 Å². The molecule has 114 valence electrons. The average molecular weight is 311 g/mol. The molecule has 5 nitrogen and oxygen atoms in total. The van der Waals surface area contributed by atoms with Crippen molar-refractivity contribution < 1.29 is 14.7 Å². The Morgan fingerprint density at radius 3 is 2.67 bits per heavy atom. The molecule has 0 heterocycles. The SMILES string of the molecule is CN(CC(=O)Nc1cc(C(=O)O)ccc1Cl)C1CCCC1. The molecule has 1 aliphatic rings. The molecule has 1 saturated carbocycles. The number of anilines is 1. The maximum absolute atomic E-state index is 12.1. The second-order valence-corrected chi connectivity index (χ2v) is 5.81. The summed E-state index contributed by atoms with van der Waals surface area (Å²) in [6.45, 7) is 0.276. The largest absolute Gasteiger partial charge is 0.478 e. The van der Waals surface area contributed by atoms with Gasteiger partial charge in [-0.05, 0) is 38.1 Å². The van der Waals surface area contributed by atoms with E-state index in [0.29, 0.717) is 16.8 Å². The summed E-state index contributed by atoms with van der Waals surface area (Å²) in [4.78, 5) is 25.0. The number of benzene rings is 1. The first-order chi connectivity index (χ1) is 9.97. The molecular formula is C15H19ClN2O3. The van der Waals surface area contributed by atoms with E-state index in [0.717, 1.165) is 12.8 Å². The van der Waals surface area contributed by atoms with Crippen LogP contribution in [0.1, 0.15) is 36.0 Å². The van der Waals surface area contributed by atoms with E-state index >= 15 is 0 Å². The van der Waals surface area contributed by atoms with Crippen molar-refractivity contribution in [3.8, 4) is 0 Å². The molecule has 0 radical (unpaired) electrons. The second-order valence-electron chi connectivity index (χ2n) is 5.40. The summed E-state index contributed by atoms with van der Waals surface area (Å²) in [7, 11) is 1.94. The van der Waals surface area contributed by atoms with Crippen LogP contribution in [0, 0.1) is 0 Å². The number of aromatic carboxylic acids is 1. The molecule has 21 heavy (non-hydrogen) atoms. The number of carboxylic acids is 1. The summed E-state index contributed by atoms with van der Waals surface area (Å²) < 4.78 is 0. The van der Waals surface area contributed by atoms with Gasteiger partial charge in [0, 0.05) is 6.04 Å². The Kier molecular flexibility index (Phi) is 5.20. The number of nitrogens with one attached hydrogen (secondary N) is 1. The van der Waals surface area contributed by atoms with E-state index in [4.69, 9.17) is 16.7 Å². The van der Waals surface area contributed by atoms with Gasteiger partial charge < -0.3 is 10.4 Å². The number of carboxylic acid groups (broad SMARTS) is 1. The number of likely N-dealkylation sites (N-methyl/N-ethyl adjacent to an activating group) is 1. The minimum atomic E-state index is -1.05. The summed E-state index contributed by atoms with van der Waals surface area (Å²) in [6.07, 6.45) is 4.67. The van der Waals surface area contributed by atoms with Gasteiger partial charge in [0.1, 0.15) is 0 Å². The van der Waals surface area contributed by atoms with Crippen LogP contribution in [-0.2, 0) is 4.79 Å². The van der Waals surface area contributed by atoms with Crippen LogP contribution in [0.5, 0.6) is 0 Å². The Morgan fingerprint density at radius 2 is 2.05 bits per heavy atom. The van der Waals surface area contributed by atoms with E-state index in [-0.39, 0.29) is 18.0 Å². The Labute approximate surface area is 128 Å². The monoisotopic (exact) mass is 310 g/mol. The molecule has 6 heteroatoms. The molecule has 0 saturated heterocycles.